The molecule has 0 fully saturated rings. The first kappa shape index (κ1) is 23.0. The molecule has 5 nitrogen and oxygen atoms in total. The quantitative estimate of drug-likeness (QED) is 0.215. The van der Waals surface area contributed by atoms with E-state index in [1.54, 1.807) is 21.1 Å². The second-order valence-corrected chi connectivity index (χ2v) is 10.8. The van der Waals surface area contributed by atoms with Crippen LogP contribution in [0.2, 0.25) is 12.6 Å². The minimum absolute atomic E-state index is 0.0768. The van der Waals surface area contributed by atoms with E-state index in [1.165, 1.54) is 0 Å². The fraction of sp³-hybridized carbons (Fsp3) is 0.778. The first-order valence-electron chi connectivity index (χ1n) is 8.50. The van der Waals surface area contributed by atoms with Crippen LogP contribution >= 0.6 is 0 Å². The van der Waals surface area contributed by atoms with E-state index in [4.69, 9.17) is 13.6 Å². The highest BCUT2D eigenvalue weighted by molar-refractivity contribution is 6.65. The fourth-order valence-corrected chi connectivity index (χ4v) is 3.84. The van der Waals surface area contributed by atoms with Crippen LogP contribution in [0.3, 0.4) is 0 Å². The van der Waals surface area contributed by atoms with E-state index in [9.17, 15) is 9.59 Å². The van der Waals surface area contributed by atoms with Crippen molar-refractivity contribution in [2.24, 2.45) is 5.41 Å². The SMILES string of the molecule is C=C(C)C(=O)OCCCC(=O)CCC(C)(C)CC[Si](C)(OC)OC. The Bertz CT molecular complexity index is 427. The van der Waals surface area contributed by atoms with Crippen molar-refractivity contribution >= 4 is 20.3 Å². The number of carbonyl (C=O) groups excluding carboxylic acids is 2. The number of esters is 1. The Hall–Kier alpha value is -0.983. The van der Waals surface area contributed by atoms with Gasteiger partial charge in [0.25, 0.3) is 0 Å². The molecule has 0 saturated carbocycles. The fourth-order valence-electron chi connectivity index (χ4n) is 2.14. The summed E-state index contributed by atoms with van der Waals surface area (Å²) in [6, 6.07) is 0.915. The van der Waals surface area contributed by atoms with Crippen molar-refractivity contribution in [2.75, 3.05) is 20.8 Å². The van der Waals surface area contributed by atoms with Crippen LogP contribution in [0, 0.1) is 5.41 Å². The van der Waals surface area contributed by atoms with Gasteiger partial charge in [0, 0.05) is 32.6 Å². The molecule has 24 heavy (non-hydrogen) atoms. The maximum Gasteiger partial charge on any atom is 0.334 e. The smallest absolute Gasteiger partial charge is 0.334 e. The maximum atomic E-state index is 12.0. The highest BCUT2D eigenvalue weighted by atomic mass is 28.4. The average molecular weight is 359 g/mol. The van der Waals surface area contributed by atoms with Crippen LogP contribution < -0.4 is 0 Å². The molecule has 0 aliphatic rings. The monoisotopic (exact) mass is 358 g/mol. The van der Waals surface area contributed by atoms with E-state index in [-0.39, 0.29) is 17.8 Å². The van der Waals surface area contributed by atoms with Crippen molar-refractivity contribution in [3.05, 3.63) is 12.2 Å². The van der Waals surface area contributed by atoms with Gasteiger partial charge < -0.3 is 13.6 Å². The number of ketones is 1. The van der Waals surface area contributed by atoms with E-state index in [2.05, 4.69) is 27.0 Å². The molecule has 140 valence electrons. The molecule has 0 aliphatic heterocycles. The van der Waals surface area contributed by atoms with Gasteiger partial charge in [0.15, 0.2) is 0 Å². The summed E-state index contributed by atoms with van der Waals surface area (Å²) in [6.07, 6.45) is 3.38. The highest BCUT2D eigenvalue weighted by Gasteiger charge is 2.31. The normalized spacial score (nSPS) is 12.1. The van der Waals surface area contributed by atoms with Crippen LogP contribution in [-0.2, 0) is 23.2 Å². The summed E-state index contributed by atoms with van der Waals surface area (Å²) in [5.74, 6) is -0.181. The molecule has 0 aliphatic carbocycles. The van der Waals surface area contributed by atoms with Gasteiger partial charge in [0.2, 0.25) is 0 Å². The Kier molecular flexibility index (Phi) is 10.4. The Morgan fingerprint density at radius 1 is 1.08 bits per heavy atom. The van der Waals surface area contributed by atoms with Crippen molar-refractivity contribution in [1.82, 2.24) is 0 Å². The molecule has 0 radical (unpaired) electrons. The average Bonchev–Trinajstić information content (AvgIpc) is 2.54. The number of hydrogen-bond donors (Lipinski definition) is 0. The van der Waals surface area contributed by atoms with Crippen LogP contribution in [0.25, 0.3) is 0 Å². The van der Waals surface area contributed by atoms with Gasteiger partial charge in [-0.15, -0.1) is 0 Å². The Morgan fingerprint density at radius 2 is 1.67 bits per heavy atom. The Balaban J connectivity index is 4.03. The minimum atomic E-state index is -2.05. The summed E-state index contributed by atoms with van der Waals surface area (Å²) in [5.41, 5.74) is 0.457. The molecular weight excluding hydrogens is 324 g/mol. The minimum Gasteiger partial charge on any atom is -0.462 e. The van der Waals surface area contributed by atoms with Crippen LogP contribution in [0.5, 0.6) is 0 Å². The van der Waals surface area contributed by atoms with Gasteiger partial charge in [-0.05, 0) is 44.2 Å². The molecule has 0 saturated heterocycles. The lowest BCUT2D eigenvalue weighted by molar-refractivity contribution is -0.139. The topological polar surface area (TPSA) is 61.8 Å². The van der Waals surface area contributed by atoms with Crippen molar-refractivity contribution < 1.29 is 23.2 Å². The molecule has 0 atom stereocenters. The van der Waals surface area contributed by atoms with E-state index in [1.807, 2.05) is 0 Å². The van der Waals surface area contributed by atoms with E-state index < -0.39 is 14.5 Å². The van der Waals surface area contributed by atoms with Crippen molar-refractivity contribution in [3.8, 4) is 0 Å². The molecule has 0 N–H and O–H groups in total. The molecule has 0 aromatic carbocycles. The van der Waals surface area contributed by atoms with E-state index in [0.717, 1.165) is 18.9 Å². The van der Waals surface area contributed by atoms with Gasteiger partial charge in [-0.25, -0.2) is 4.79 Å². The molecule has 0 heterocycles. The molecule has 6 heteroatoms. The summed E-state index contributed by atoms with van der Waals surface area (Å²) >= 11 is 0. The lowest BCUT2D eigenvalue weighted by Crippen LogP contribution is -2.37. The van der Waals surface area contributed by atoms with Crippen LogP contribution in [0.15, 0.2) is 12.2 Å². The zero-order valence-electron chi connectivity index (χ0n) is 16.2. The van der Waals surface area contributed by atoms with Gasteiger partial charge in [-0.2, -0.15) is 0 Å². The second kappa shape index (κ2) is 10.8. The Morgan fingerprint density at radius 3 is 2.17 bits per heavy atom. The van der Waals surface area contributed by atoms with E-state index >= 15 is 0 Å². The standard InChI is InChI=1S/C18H34O5Si/c1-15(2)17(20)23-13-8-9-16(19)10-11-18(3,4)12-14-24(7,21-5)22-6/h1,8-14H2,2-7H3. The van der Waals surface area contributed by atoms with Crippen molar-refractivity contribution in [2.45, 2.75) is 65.5 Å². The number of rotatable bonds is 13. The molecular formula is C18H34O5Si. The molecule has 0 aromatic heterocycles. The predicted molar refractivity (Wildman–Crippen MR) is 98.1 cm³/mol. The molecule has 0 aromatic rings. The number of carbonyl (C=O) groups is 2. The van der Waals surface area contributed by atoms with Crippen LogP contribution in [0.4, 0.5) is 0 Å². The van der Waals surface area contributed by atoms with Crippen LogP contribution in [-0.4, -0.2) is 41.1 Å². The summed E-state index contributed by atoms with van der Waals surface area (Å²) in [7, 11) is 1.35. The molecule has 0 rings (SSSR count). The summed E-state index contributed by atoms with van der Waals surface area (Å²) in [5, 5.41) is 0. The van der Waals surface area contributed by atoms with Gasteiger partial charge in [0.1, 0.15) is 5.78 Å². The van der Waals surface area contributed by atoms with Gasteiger partial charge in [0.05, 0.1) is 6.61 Å². The Labute approximate surface area is 148 Å². The van der Waals surface area contributed by atoms with Gasteiger partial charge >= 0.3 is 14.5 Å². The van der Waals surface area contributed by atoms with E-state index in [0.29, 0.717) is 24.8 Å². The highest BCUT2D eigenvalue weighted by Crippen LogP contribution is 2.32. The molecule has 0 amide bonds. The number of hydrogen-bond acceptors (Lipinski definition) is 5. The second-order valence-electron chi connectivity index (χ2n) is 7.26. The van der Waals surface area contributed by atoms with Crippen molar-refractivity contribution in [1.29, 1.82) is 0 Å². The molecule has 0 unspecified atom stereocenters. The zero-order chi connectivity index (χ0) is 18.8. The summed E-state index contributed by atoms with van der Waals surface area (Å²) < 4.78 is 16.0. The largest absolute Gasteiger partial charge is 0.462 e. The lowest BCUT2D eigenvalue weighted by atomic mass is 9.84. The first-order valence-corrected chi connectivity index (χ1v) is 11.0. The summed E-state index contributed by atoms with van der Waals surface area (Å²) in [4.78, 5) is 23.2. The van der Waals surface area contributed by atoms with Crippen LogP contribution in [0.1, 0.15) is 52.9 Å². The molecule has 0 spiro atoms. The maximum absolute atomic E-state index is 12.0. The predicted octanol–water partition coefficient (Wildman–Crippen LogP) is 4.02. The number of Topliss-reactive ketones (excluding diaryl/α,β-unsaturated/α-hetero) is 1. The van der Waals surface area contributed by atoms with Gasteiger partial charge in [-0.3, -0.25) is 4.79 Å². The summed E-state index contributed by atoms with van der Waals surface area (Å²) in [6.45, 7) is 11.8. The third kappa shape index (κ3) is 10.0. The van der Waals surface area contributed by atoms with Gasteiger partial charge in [-0.1, -0.05) is 20.4 Å². The zero-order valence-corrected chi connectivity index (χ0v) is 17.2. The third-order valence-corrected chi connectivity index (χ3v) is 7.27. The lowest BCUT2D eigenvalue weighted by Gasteiger charge is -2.29. The third-order valence-electron chi connectivity index (χ3n) is 4.38. The first-order chi connectivity index (χ1) is 11.0. The number of ether oxygens (including phenoxy) is 1. The molecule has 0 bridgehead atoms. The van der Waals surface area contributed by atoms with Crippen molar-refractivity contribution in [3.63, 3.8) is 0 Å².